The average Bonchev–Trinajstić information content (AvgIpc) is 2.48. The highest BCUT2D eigenvalue weighted by atomic mass is 16.5. The lowest BCUT2D eigenvalue weighted by Crippen LogP contribution is -2.04. The Morgan fingerprint density at radius 3 is 2.50 bits per heavy atom. The molecule has 0 amide bonds. The number of ketones is 1. The molecule has 0 saturated carbocycles. The summed E-state index contributed by atoms with van der Waals surface area (Å²) in [6.07, 6.45) is 3.21. The van der Waals surface area contributed by atoms with Gasteiger partial charge in [-0.1, -0.05) is 19.9 Å². The Morgan fingerprint density at radius 2 is 1.95 bits per heavy atom. The first-order chi connectivity index (χ1) is 9.65. The fraction of sp³-hybridized carbons (Fsp3) is 0.588. The highest BCUT2D eigenvalue weighted by molar-refractivity contribution is 5.78. The van der Waals surface area contributed by atoms with Crippen molar-refractivity contribution in [3.8, 4) is 11.5 Å². The summed E-state index contributed by atoms with van der Waals surface area (Å²) in [5.41, 5.74) is 1.22. The van der Waals surface area contributed by atoms with E-state index in [9.17, 15) is 4.79 Å². The number of benzene rings is 1. The lowest BCUT2D eigenvalue weighted by atomic mass is 9.90. The first-order valence-electron chi connectivity index (χ1n) is 7.48. The molecule has 0 spiro atoms. The Labute approximate surface area is 122 Å². The summed E-state index contributed by atoms with van der Waals surface area (Å²) < 4.78 is 10.9. The van der Waals surface area contributed by atoms with E-state index in [1.165, 1.54) is 5.56 Å². The zero-order chi connectivity index (χ0) is 15.0. The Hall–Kier alpha value is -1.51. The van der Waals surface area contributed by atoms with Gasteiger partial charge in [0.2, 0.25) is 0 Å². The molecule has 0 radical (unpaired) electrons. The maximum Gasteiger partial charge on any atom is 0.161 e. The van der Waals surface area contributed by atoms with Gasteiger partial charge in [-0.3, -0.25) is 4.79 Å². The van der Waals surface area contributed by atoms with Crippen molar-refractivity contribution in [2.24, 2.45) is 0 Å². The monoisotopic (exact) mass is 278 g/mol. The van der Waals surface area contributed by atoms with Gasteiger partial charge >= 0.3 is 0 Å². The molecule has 0 bridgehead atoms. The third kappa shape index (κ3) is 4.55. The molecule has 0 aliphatic heterocycles. The van der Waals surface area contributed by atoms with Crippen molar-refractivity contribution in [2.75, 3.05) is 13.7 Å². The summed E-state index contributed by atoms with van der Waals surface area (Å²) in [5, 5.41) is 0. The number of carbonyl (C=O) groups excluding carboxylic acids is 1. The number of hydrogen-bond acceptors (Lipinski definition) is 3. The fourth-order valence-electron chi connectivity index (χ4n) is 2.33. The van der Waals surface area contributed by atoms with Gasteiger partial charge in [0, 0.05) is 12.8 Å². The largest absolute Gasteiger partial charge is 0.493 e. The number of rotatable bonds is 9. The second kappa shape index (κ2) is 8.62. The summed E-state index contributed by atoms with van der Waals surface area (Å²) in [6.45, 7) is 6.66. The molecule has 0 N–H and O–H groups in total. The van der Waals surface area contributed by atoms with Crippen LogP contribution in [-0.4, -0.2) is 19.5 Å². The molecule has 0 aliphatic carbocycles. The molecule has 1 rings (SSSR count). The van der Waals surface area contributed by atoms with E-state index >= 15 is 0 Å². The van der Waals surface area contributed by atoms with Crippen LogP contribution in [0.25, 0.3) is 0 Å². The quantitative estimate of drug-likeness (QED) is 0.673. The van der Waals surface area contributed by atoms with Crippen LogP contribution in [0.15, 0.2) is 18.2 Å². The molecule has 3 heteroatoms. The van der Waals surface area contributed by atoms with Gasteiger partial charge in [-0.25, -0.2) is 0 Å². The van der Waals surface area contributed by atoms with Crippen LogP contribution in [0.4, 0.5) is 0 Å². The fourth-order valence-corrected chi connectivity index (χ4v) is 2.33. The van der Waals surface area contributed by atoms with Gasteiger partial charge in [0.15, 0.2) is 11.5 Å². The van der Waals surface area contributed by atoms with Crippen molar-refractivity contribution in [2.45, 2.75) is 52.4 Å². The molecule has 1 unspecified atom stereocenters. The van der Waals surface area contributed by atoms with Crippen LogP contribution in [-0.2, 0) is 4.79 Å². The van der Waals surface area contributed by atoms with Gasteiger partial charge in [0.05, 0.1) is 13.7 Å². The van der Waals surface area contributed by atoms with E-state index in [1.54, 1.807) is 7.11 Å². The van der Waals surface area contributed by atoms with Crippen molar-refractivity contribution in [1.29, 1.82) is 0 Å². The van der Waals surface area contributed by atoms with Crippen LogP contribution >= 0.6 is 0 Å². The van der Waals surface area contributed by atoms with Gasteiger partial charge in [-0.15, -0.1) is 0 Å². The third-order valence-electron chi connectivity index (χ3n) is 3.62. The molecular weight excluding hydrogens is 252 g/mol. The first-order valence-corrected chi connectivity index (χ1v) is 7.48. The lowest BCUT2D eigenvalue weighted by Gasteiger charge is -2.17. The Bertz CT molecular complexity index is 426. The van der Waals surface area contributed by atoms with Gasteiger partial charge in [0.1, 0.15) is 5.78 Å². The average molecular weight is 278 g/mol. The molecule has 0 heterocycles. The molecule has 3 nitrogen and oxygen atoms in total. The predicted octanol–water partition coefficient (Wildman–Crippen LogP) is 4.35. The van der Waals surface area contributed by atoms with Crippen LogP contribution in [0.5, 0.6) is 11.5 Å². The summed E-state index contributed by atoms with van der Waals surface area (Å²) >= 11 is 0. The van der Waals surface area contributed by atoms with E-state index in [0.717, 1.165) is 24.3 Å². The Balaban J connectivity index is 2.84. The minimum atomic E-state index is 0.335. The second-order valence-electron chi connectivity index (χ2n) is 4.88. The van der Waals surface area contributed by atoms with Crippen molar-refractivity contribution >= 4 is 5.78 Å². The molecule has 0 saturated heterocycles. The third-order valence-corrected chi connectivity index (χ3v) is 3.62. The summed E-state index contributed by atoms with van der Waals surface area (Å²) in [6, 6.07) is 6.08. The summed E-state index contributed by atoms with van der Waals surface area (Å²) in [5.74, 6) is 2.28. The van der Waals surface area contributed by atoms with Crippen molar-refractivity contribution in [3.05, 3.63) is 23.8 Å². The lowest BCUT2D eigenvalue weighted by molar-refractivity contribution is -0.118. The summed E-state index contributed by atoms with van der Waals surface area (Å²) in [7, 11) is 1.66. The van der Waals surface area contributed by atoms with E-state index in [4.69, 9.17) is 9.47 Å². The second-order valence-corrected chi connectivity index (χ2v) is 4.88. The van der Waals surface area contributed by atoms with Crippen molar-refractivity contribution in [1.82, 2.24) is 0 Å². The molecule has 0 aromatic heterocycles. The van der Waals surface area contributed by atoms with Gasteiger partial charge < -0.3 is 9.47 Å². The molecule has 0 fully saturated rings. The van der Waals surface area contributed by atoms with Crippen LogP contribution in [0.3, 0.4) is 0 Å². The number of hydrogen-bond donors (Lipinski definition) is 0. The standard InChI is InChI=1S/C17H26O3/c1-5-13(8-10-15(18)6-2)14-9-11-16(20-7-3)17(12-14)19-4/h9,11-13H,5-8,10H2,1-4H3. The zero-order valence-electron chi connectivity index (χ0n) is 13.1. The molecular formula is C17H26O3. The van der Waals surface area contributed by atoms with Crippen LogP contribution in [0.1, 0.15) is 57.9 Å². The minimum Gasteiger partial charge on any atom is -0.493 e. The maximum absolute atomic E-state index is 11.5. The van der Waals surface area contributed by atoms with Crippen LogP contribution in [0.2, 0.25) is 0 Å². The SMILES string of the molecule is CCOc1ccc(C(CC)CCC(=O)CC)cc1OC. The van der Waals surface area contributed by atoms with Crippen LogP contribution in [0, 0.1) is 0 Å². The Morgan fingerprint density at radius 1 is 1.20 bits per heavy atom. The van der Waals surface area contributed by atoms with Gasteiger partial charge in [-0.05, 0) is 43.4 Å². The first kappa shape index (κ1) is 16.5. The number of Topliss-reactive ketones (excluding diaryl/α,β-unsaturated/α-hetero) is 1. The number of carbonyl (C=O) groups is 1. The molecule has 20 heavy (non-hydrogen) atoms. The molecule has 0 aliphatic rings. The zero-order valence-corrected chi connectivity index (χ0v) is 13.1. The van der Waals surface area contributed by atoms with E-state index in [1.807, 2.05) is 26.0 Å². The highest BCUT2D eigenvalue weighted by Crippen LogP contribution is 2.33. The predicted molar refractivity (Wildman–Crippen MR) is 81.7 cm³/mol. The molecule has 1 aromatic carbocycles. The summed E-state index contributed by atoms with van der Waals surface area (Å²) in [4.78, 5) is 11.5. The van der Waals surface area contributed by atoms with E-state index in [-0.39, 0.29) is 0 Å². The topological polar surface area (TPSA) is 35.5 Å². The van der Waals surface area contributed by atoms with Gasteiger partial charge in [0.25, 0.3) is 0 Å². The maximum atomic E-state index is 11.5. The molecule has 112 valence electrons. The van der Waals surface area contributed by atoms with Crippen LogP contribution < -0.4 is 9.47 Å². The smallest absolute Gasteiger partial charge is 0.161 e. The van der Waals surface area contributed by atoms with E-state index < -0.39 is 0 Å². The Kier molecular flexibility index (Phi) is 7.13. The normalized spacial score (nSPS) is 12.0. The molecule has 1 aromatic rings. The minimum absolute atomic E-state index is 0.335. The number of ether oxygens (including phenoxy) is 2. The van der Waals surface area contributed by atoms with E-state index in [0.29, 0.717) is 31.1 Å². The van der Waals surface area contributed by atoms with Gasteiger partial charge in [-0.2, -0.15) is 0 Å². The van der Waals surface area contributed by atoms with Crippen molar-refractivity contribution < 1.29 is 14.3 Å². The van der Waals surface area contributed by atoms with Crippen molar-refractivity contribution in [3.63, 3.8) is 0 Å². The van der Waals surface area contributed by atoms with E-state index in [2.05, 4.69) is 13.0 Å². The highest BCUT2D eigenvalue weighted by Gasteiger charge is 2.14. The molecule has 1 atom stereocenters. The number of methoxy groups -OCH3 is 1.